The van der Waals surface area contributed by atoms with Crippen molar-refractivity contribution in [1.82, 2.24) is 9.78 Å². The van der Waals surface area contributed by atoms with Crippen LogP contribution in [0.2, 0.25) is 0 Å². The minimum Gasteiger partial charge on any atom is -0.365 e. The first kappa shape index (κ1) is 10.6. The monoisotopic (exact) mass is 216 g/mol. The van der Waals surface area contributed by atoms with Gasteiger partial charge in [0.25, 0.3) is 0 Å². The molecule has 0 fully saturated rings. The summed E-state index contributed by atoms with van der Waals surface area (Å²) in [6.07, 6.45) is 0.331. The molecule has 1 heterocycles. The van der Waals surface area contributed by atoms with Crippen molar-refractivity contribution < 1.29 is 9.90 Å². The van der Waals surface area contributed by atoms with E-state index in [0.29, 0.717) is 5.56 Å². The summed E-state index contributed by atoms with van der Waals surface area (Å²) in [5.74, 6) is -0.358. The lowest BCUT2D eigenvalue weighted by atomic mass is 10.1. The molecule has 0 spiro atoms. The maximum atomic E-state index is 11.8. The third kappa shape index (κ3) is 2.01. The molecular weight excluding hydrogens is 204 g/mol. The van der Waals surface area contributed by atoms with Gasteiger partial charge in [-0.3, -0.25) is 4.79 Å². The predicted octanol–water partition coefficient (Wildman–Crippen LogP) is 1.57. The van der Waals surface area contributed by atoms with Crippen molar-refractivity contribution in [3.8, 4) is 0 Å². The molecule has 0 saturated carbocycles. The van der Waals surface area contributed by atoms with Crippen LogP contribution in [-0.2, 0) is 0 Å². The molecule has 4 nitrogen and oxygen atoms in total. The zero-order valence-electron chi connectivity index (χ0n) is 8.87. The molecule has 2 rings (SSSR count). The number of aliphatic hydroxyl groups excluding tert-OH is 1. The molecule has 0 aliphatic heterocycles. The Morgan fingerprint density at radius 3 is 2.56 bits per heavy atom. The maximum absolute atomic E-state index is 11.8. The summed E-state index contributed by atoms with van der Waals surface area (Å²) in [7, 11) is 0. The lowest BCUT2D eigenvalue weighted by Crippen LogP contribution is -2.19. The fourth-order valence-electron chi connectivity index (χ4n) is 1.44. The second-order valence-electron chi connectivity index (χ2n) is 3.54. The highest BCUT2D eigenvalue weighted by atomic mass is 16.3. The molecule has 2 aromatic rings. The highest BCUT2D eigenvalue weighted by molar-refractivity contribution is 5.97. The first-order valence-corrected chi connectivity index (χ1v) is 4.97. The highest BCUT2D eigenvalue weighted by Crippen LogP contribution is 2.11. The van der Waals surface area contributed by atoms with Crippen LogP contribution in [0.5, 0.6) is 0 Å². The number of carbonyl (C=O) groups is 1. The number of ketones is 1. The minimum absolute atomic E-state index is 0.358. The van der Waals surface area contributed by atoms with Crippen LogP contribution in [0, 0.1) is 6.92 Å². The number of aryl methyl sites for hydroxylation is 1. The largest absolute Gasteiger partial charge is 0.365 e. The van der Waals surface area contributed by atoms with Crippen molar-refractivity contribution in [3.05, 3.63) is 53.9 Å². The molecule has 0 aliphatic rings. The maximum Gasteiger partial charge on any atom is 0.213 e. The normalized spacial score (nSPS) is 12.4. The molecular formula is C12H12N2O2. The number of carbonyl (C=O) groups excluding carboxylic acids is 1. The van der Waals surface area contributed by atoms with Crippen LogP contribution in [-0.4, -0.2) is 20.7 Å². The van der Waals surface area contributed by atoms with Crippen LogP contribution in [0.4, 0.5) is 0 Å². The zero-order valence-corrected chi connectivity index (χ0v) is 8.87. The van der Waals surface area contributed by atoms with Gasteiger partial charge in [0.15, 0.2) is 0 Å². The van der Waals surface area contributed by atoms with Crippen LogP contribution < -0.4 is 0 Å². The van der Waals surface area contributed by atoms with Gasteiger partial charge in [0, 0.05) is 11.8 Å². The third-order valence-corrected chi connectivity index (χ3v) is 2.29. The average Bonchev–Trinajstić information content (AvgIpc) is 2.75. The lowest BCUT2D eigenvalue weighted by molar-refractivity contribution is 0.0533. The summed E-state index contributed by atoms with van der Waals surface area (Å²) in [5.41, 5.74) is 1.24. The van der Waals surface area contributed by atoms with E-state index in [2.05, 4.69) is 5.10 Å². The van der Waals surface area contributed by atoms with Crippen molar-refractivity contribution in [2.45, 2.75) is 13.2 Å². The van der Waals surface area contributed by atoms with Gasteiger partial charge in [0.2, 0.25) is 12.0 Å². The number of hydrogen-bond donors (Lipinski definition) is 1. The van der Waals surface area contributed by atoms with E-state index in [1.807, 2.05) is 6.07 Å². The zero-order chi connectivity index (χ0) is 11.5. The van der Waals surface area contributed by atoms with E-state index in [0.717, 1.165) is 5.69 Å². The van der Waals surface area contributed by atoms with Crippen LogP contribution in [0.3, 0.4) is 0 Å². The van der Waals surface area contributed by atoms with Crippen molar-refractivity contribution in [1.29, 1.82) is 0 Å². The van der Waals surface area contributed by atoms with Gasteiger partial charge in [-0.05, 0) is 13.0 Å². The van der Waals surface area contributed by atoms with Crippen LogP contribution in [0.15, 0.2) is 42.6 Å². The molecule has 0 radical (unpaired) electrons. The van der Waals surface area contributed by atoms with E-state index in [1.165, 1.54) is 4.68 Å². The number of rotatable bonds is 3. The first-order chi connectivity index (χ1) is 7.68. The summed E-state index contributed by atoms with van der Waals surface area (Å²) in [5, 5.41) is 13.8. The average molecular weight is 216 g/mol. The van der Waals surface area contributed by atoms with Gasteiger partial charge >= 0.3 is 0 Å². The van der Waals surface area contributed by atoms with Crippen molar-refractivity contribution in [2.75, 3.05) is 0 Å². The van der Waals surface area contributed by atoms with Crippen molar-refractivity contribution >= 4 is 5.78 Å². The predicted molar refractivity (Wildman–Crippen MR) is 59.0 cm³/mol. The van der Waals surface area contributed by atoms with E-state index in [4.69, 9.17) is 0 Å². The Morgan fingerprint density at radius 2 is 2.00 bits per heavy atom. The van der Waals surface area contributed by atoms with E-state index in [9.17, 15) is 9.90 Å². The van der Waals surface area contributed by atoms with Crippen LogP contribution in [0.1, 0.15) is 22.3 Å². The molecule has 16 heavy (non-hydrogen) atoms. The molecule has 1 unspecified atom stereocenters. The molecule has 0 saturated heterocycles. The number of aromatic nitrogens is 2. The topological polar surface area (TPSA) is 55.1 Å². The second-order valence-corrected chi connectivity index (χ2v) is 3.54. The molecule has 82 valence electrons. The summed E-state index contributed by atoms with van der Waals surface area (Å²) < 4.78 is 1.25. The van der Waals surface area contributed by atoms with Crippen LogP contribution in [0.25, 0.3) is 0 Å². The molecule has 1 N–H and O–H groups in total. The Hall–Kier alpha value is -1.94. The molecule has 0 bridgehead atoms. The Balaban J connectivity index is 2.23. The molecule has 4 heteroatoms. The lowest BCUT2D eigenvalue weighted by Gasteiger charge is -2.09. The Kier molecular flexibility index (Phi) is 2.83. The Bertz CT molecular complexity index is 491. The van der Waals surface area contributed by atoms with Gasteiger partial charge in [-0.2, -0.15) is 5.10 Å². The Labute approximate surface area is 93.1 Å². The molecule has 0 aliphatic carbocycles. The standard InChI is InChI=1S/C12H12N2O2/c1-9-7-8-14(13-9)12(16)11(15)10-5-3-2-4-6-10/h2-8,12,16H,1H3. The fraction of sp³-hybridized carbons (Fsp3) is 0.167. The van der Waals surface area contributed by atoms with Gasteiger partial charge in [0.05, 0.1) is 5.69 Å². The first-order valence-electron chi connectivity index (χ1n) is 4.97. The van der Waals surface area contributed by atoms with E-state index < -0.39 is 6.23 Å². The van der Waals surface area contributed by atoms with Gasteiger partial charge in [-0.15, -0.1) is 0 Å². The number of nitrogens with zero attached hydrogens (tertiary/aromatic N) is 2. The highest BCUT2D eigenvalue weighted by Gasteiger charge is 2.18. The van der Waals surface area contributed by atoms with E-state index >= 15 is 0 Å². The molecule has 0 amide bonds. The summed E-state index contributed by atoms with van der Waals surface area (Å²) >= 11 is 0. The Morgan fingerprint density at radius 1 is 1.31 bits per heavy atom. The molecule has 1 aromatic heterocycles. The van der Waals surface area contributed by atoms with Crippen LogP contribution >= 0.6 is 0 Å². The number of Topliss-reactive ketones (excluding diaryl/α,β-unsaturated/α-hetero) is 1. The summed E-state index contributed by atoms with van der Waals surface area (Å²) in [6.45, 7) is 1.80. The third-order valence-electron chi connectivity index (χ3n) is 2.29. The quantitative estimate of drug-likeness (QED) is 0.792. The number of aliphatic hydroxyl groups is 1. The smallest absolute Gasteiger partial charge is 0.213 e. The SMILES string of the molecule is Cc1ccn(C(O)C(=O)c2ccccc2)n1. The second kappa shape index (κ2) is 4.28. The summed E-state index contributed by atoms with van der Waals surface area (Å²) in [6, 6.07) is 10.4. The van der Waals surface area contributed by atoms with Gasteiger partial charge in [-0.25, -0.2) is 4.68 Å². The number of benzene rings is 1. The van der Waals surface area contributed by atoms with Crippen molar-refractivity contribution in [3.63, 3.8) is 0 Å². The van der Waals surface area contributed by atoms with Gasteiger partial charge in [-0.1, -0.05) is 30.3 Å². The van der Waals surface area contributed by atoms with Gasteiger partial charge in [0.1, 0.15) is 0 Å². The fourth-order valence-corrected chi connectivity index (χ4v) is 1.44. The van der Waals surface area contributed by atoms with E-state index in [1.54, 1.807) is 43.5 Å². The molecule has 1 atom stereocenters. The van der Waals surface area contributed by atoms with Crippen molar-refractivity contribution in [2.24, 2.45) is 0 Å². The molecule has 1 aromatic carbocycles. The minimum atomic E-state index is -1.25. The summed E-state index contributed by atoms with van der Waals surface area (Å²) in [4.78, 5) is 11.8. The number of hydrogen-bond acceptors (Lipinski definition) is 3. The van der Waals surface area contributed by atoms with Gasteiger partial charge < -0.3 is 5.11 Å². The van der Waals surface area contributed by atoms with E-state index in [-0.39, 0.29) is 5.78 Å².